The van der Waals surface area contributed by atoms with E-state index in [1.54, 1.807) is 0 Å². The van der Waals surface area contributed by atoms with Gasteiger partial charge in [-0.1, -0.05) is 31.0 Å². The molecule has 1 aliphatic rings. The van der Waals surface area contributed by atoms with Crippen molar-refractivity contribution < 1.29 is 9.90 Å². The molecule has 1 atom stereocenters. The highest BCUT2D eigenvalue weighted by atomic mass is 35.5. The van der Waals surface area contributed by atoms with Crippen LogP contribution in [0, 0.1) is 12.3 Å². The van der Waals surface area contributed by atoms with Crippen molar-refractivity contribution in [3.8, 4) is 0 Å². The van der Waals surface area contributed by atoms with Gasteiger partial charge in [-0.2, -0.15) is 0 Å². The van der Waals surface area contributed by atoms with E-state index in [1.165, 1.54) is 11.1 Å². The lowest BCUT2D eigenvalue weighted by molar-refractivity contribution is -0.153. The highest BCUT2D eigenvalue weighted by molar-refractivity contribution is 6.30. The van der Waals surface area contributed by atoms with Crippen LogP contribution in [0.3, 0.4) is 0 Å². The number of halogens is 1. The largest absolute Gasteiger partial charge is 0.481 e. The minimum absolute atomic E-state index is 0.562. The Morgan fingerprint density at radius 2 is 2.24 bits per heavy atom. The predicted molar refractivity (Wildman–Crippen MR) is 85.7 cm³/mol. The zero-order valence-electron chi connectivity index (χ0n) is 12.9. The van der Waals surface area contributed by atoms with Gasteiger partial charge in [0.05, 0.1) is 5.41 Å². The Kier molecular flexibility index (Phi) is 5.28. The molecule has 0 amide bonds. The number of carboxylic acid groups (broad SMARTS) is 1. The van der Waals surface area contributed by atoms with Gasteiger partial charge in [0.1, 0.15) is 0 Å². The van der Waals surface area contributed by atoms with E-state index < -0.39 is 11.4 Å². The molecule has 0 aliphatic carbocycles. The Balaban J connectivity index is 2.12. The summed E-state index contributed by atoms with van der Waals surface area (Å²) < 4.78 is 0. The van der Waals surface area contributed by atoms with E-state index in [0.717, 1.165) is 43.8 Å². The van der Waals surface area contributed by atoms with E-state index in [9.17, 15) is 9.90 Å². The van der Waals surface area contributed by atoms with Gasteiger partial charge >= 0.3 is 5.97 Å². The first-order chi connectivity index (χ1) is 9.97. The van der Waals surface area contributed by atoms with Gasteiger partial charge in [-0.05, 0) is 56.0 Å². The summed E-state index contributed by atoms with van der Waals surface area (Å²) in [5.74, 6) is -0.637. The summed E-state index contributed by atoms with van der Waals surface area (Å²) in [4.78, 5) is 14.0. The van der Waals surface area contributed by atoms with Crippen LogP contribution in [0.25, 0.3) is 0 Å². The molecule has 21 heavy (non-hydrogen) atoms. The zero-order valence-corrected chi connectivity index (χ0v) is 13.6. The van der Waals surface area contributed by atoms with Crippen LogP contribution in [0.15, 0.2) is 18.2 Å². The molecule has 1 aliphatic heterocycles. The van der Waals surface area contributed by atoms with Gasteiger partial charge in [-0.25, -0.2) is 0 Å². The van der Waals surface area contributed by atoms with Crippen molar-refractivity contribution in [2.45, 2.75) is 46.1 Å². The number of piperidine rings is 1. The molecule has 1 unspecified atom stereocenters. The Labute approximate surface area is 131 Å². The maximum atomic E-state index is 11.7. The molecule has 0 saturated carbocycles. The van der Waals surface area contributed by atoms with Crippen molar-refractivity contribution in [2.75, 3.05) is 13.1 Å². The van der Waals surface area contributed by atoms with Crippen molar-refractivity contribution in [1.29, 1.82) is 0 Å². The summed E-state index contributed by atoms with van der Waals surface area (Å²) in [7, 11) is 0. The van der Waals surface area contributed by atoms with Crippen LogP contribution in [0.2, 0.25) is 5.02 Å². The van der Waals surface area contributed by atoms with Gasteiger partial charge in [-0.15, -0.1) is 0 Å². The summed E-state index contributed by atoms with van der Waals surface area (Å²) in [5, 5.41) is 10.4. The smallest absolute Gasteiger partial charge is 0.310 e. The molecule has 1 fully saturated rings. The van der Waals surface area contributed by atoms with Gasteiger partial charge in [0.15, 0.2) is 0 Å². The first kappa shape index (κ1) is 16.3. The Morgan fingerprint density at radius 3 is 2.86 bits per heavy atom. The van der Waals surface area contributed by atoms with Gasteiger partial charge < -0.3 is 5.11 Å². The molecule has 1 heterocycles. The minimum atomic E-state index is -0.637. The fourth-order valence-electron chi connectivity index (χ4n) is 3.40. The highest BCUT2D eigenvalue weighted by Gasteiger charge is 2.41. The van der Waals surface area contributed by atoms with Crippen LogP contribution in [0.4, 0.5) is 0 Å². The second-order valence-corrected chi connectivity index (χ2v) is 6.66. The first-order valence-electron chi connectivity index (χ1n) is 7.67. The average molecular weight is 310 g/mol. The van der Waals surface area contributed by atoms with E-state index in [1.807, 2.05) is 12.1 Å². The van der Waals surface area contributed by atoms with Crippen molar-refractivity contribution in [3.05, 3.63) is 34.3 Å². The summed E-state index contributed by atoms with van der Waals surface area (Å²) in [6, 6.07) is 5.93. The van der Waals surface area contributed by atoms with E-state index >= 15 is 0 Å². The summed E-state index contributed by atoms with van der Waals surface area (Å²) in [5.41, 5.74) is 1.84. The zero-order chi connectivity index (χ0) is 15.5. The number of aliphatic carboxylic acids is 1. The van der Waals surface area contributed by atoms with Crippen molar-refractivity contribution in [2.24, 2.45) is 5.41 Å². The molecular weight excluding hydrogens is 286 g/mol. The van der Waals surface area contributed by atoms with E-state index in [-0.39, 0.29) is 0 Å². The molecule has 3 nitrogen and oxygen atoms in total. The minimum Gasteiger partial charge on any atom is -0.481 e. The number of nitrogens with zero attached hydrogens (tertiary/aromatic N) is 1. The van der Waals surface area contributed by atoms with Crippen LogP contribution >= 0.6 is 11.6 Å². The Hall–Kier alpha value is -1.06. The number of benzene rings is 1. The van der Waals surface area contributed by atoms with Gasteiger partial charge in [0.25, 0.3) is 0 Å². The maximum absolute atomic E-state index is 11.7. The van der Waals surface area contributed by atoms with Gasteiger partial charge in [0.2, 0.25) is 0 Å². The third kappa shape index (κ3) is 3.78. The molecule has 0 spiro atoms. The number of rotatable bonds is 5. The molecule has 2 rings (SSSR count). The van der Waals surface area contributed by atoms with E-state index in [4.69, 9.17) is 11.6 Å². The topological polar surface area (TPSA) is 40.5 Å². The number of likely N-dealkylation sites (tertiary alicyclic amines) is 1. The molecule has 1 N–H and O–H groups in total. The molecule has 0 radical (unpaired) electrons. The predicted octanol–water partition coefficient (Wildman–Crippen LogP) is 4.12. The molecule has 1 saturated heterocycles. The van der Waals surface area contributed by atoms with E-state index in [2.05, 4.69) is 24.8 Å². The first-order valence-corrected chi connectivity index (χ1v) is 8.05. The lowest BCUT2D eigenvalue weighted by Gasteiger charge is -2.40. The average Bonchev–Trinajstić information content (AvgIpc) is 2.42. The molecule has 0 aromatic heterocycles. The van der Waals surface area contributed by atoms with Crippen molar-refractivity contribution in [1.82, 2.24) is 4.90 Å². The van der Waals surface area contributed by atoms with Crippen LogP contribution < -0.4 is 0 Å². The van der Waals surface area contributed by atoms with Crippen molar-refractivity contribution in [3.63, 3.8) is 0 Å². The van der Waals surface area contributed by atoms with Crippen LogP contribution in [-0.4, -0.2) is 29.1 Å². The van der Waals surface area contributed by atoms with Crippen molar-refractivity contribution >= 4 is 17.6 Å². The third-order valence-electron chi connectivity index (χ3n) is 4.54. The summed E-state index contributed by atoms with van der Waals surface area (Å²) in [6.07, 6.45) is 3.43. The molecule has 0 bridgehead atoms. The van der Waals surface area contributed by atoms with Gasteiger partial charge in [0, 0.05) is 18.1 Å². The second-order valence-electron chi connectivity index (χ2n) is 6.22. The van der Waals surface area contributed by atoms with Gasteiger partial charge in [-0.3, -0.25) is 9.69 Å². The maximum Gasteiger partial charge on any atom is 0.310 e. The van der Waals surface area contributed by atoms with E-state index in [0.29, 0.717) is 6.54 Å². The normalized spacial score (nSPS) is 23.2. The monoisotopic (exact) mass is 309 g/mol. The lowest BCUT2D eigenvalue weighted by atomic mass is 9.76. The number of aryl methyl sites for hydroxylation is 1. The molecular formula is C17H24ClNO2. The fraction of sp³-hybridized carbons (Fsp3) is 0.588. The molecule has 1 aromatic carbocycles. The SMILES string of the molecule is CCCC1(C(=O)O)CCCN(Cc2ccc(Cl)cc2C)C1. The van der Waals surface area contributed by atoms with Crippen LogP contribution in [-0.2, 0) is 11.3 Å². The second kappa shape index (κ2) is 6.80. The standard InChI is InChI=1S/C17H24ClNO2/c1-3-7-17(16(20)21)8-4-9-19(12-17)11-14-5-6-15(18)10-13(14)2/h5-6,10H,3-4,7-9,11-12H2,1-2H3,(H,20,21). The van der Waals surface area contributed by atoms with Crippen LogP contribution in [0.1, 0.15) is 43.7 Å². The van der Waals surface area contributed by atoms with Crippen LogP contribution in [0.5, 0.6) is 0 Å². The Morgan fingerprint density at radius 1 is 1.48 bits per heavy atom. The molecule has 1 aromatic rings. The number of hydrogen-bond acceptors (Lipinski definition) is 2. The highest BCUT2D eigenvalue weighted by Crippen LogP contribution is 2.35. The lowest BCUT2D eigenvalue weighted by Crippen LogP contribution is -2.47. The summed E-state index contributed by atoms with van der Waals surface area (Å²) in [6.45, 7) is 6.55. The number of carbonyl (C=O) groups is 1. The number of carboxylic acids is 1. The third-order valence-corrected chi connectivity index (χ3v) is 4.77. The summed E-state index contributed by atoms with van der Waals surface area (Å²) >= 11 is 6.00. The quantitative estimate of drug-likeness (QED) is 0.889. The molecule has 4 heteroatoms. The number of hydrogen-bond donors (Lipinski definition) is 1. The molecule has 116 valence electrons. The Bertz CT molecular complexity index is 514. The fourth-order valence-corrected chi connectivity index (χ4v) is 3.63.